The number of carboxylic acid groups (broad SMARTS) is 2. The number of benzene rings is 2. The molecular formula is C22H20BrNO5. The van der Waals surface area contributed by atoms with E-state index in [0.29, 0.717) is 6.42 Å². The van der Waals surface area contributed by atoms with E-state index in [9.17, 15) is 14.4 Å². The van der Waals surface area contributed by atoms with Crippen LogP contribution in [-0.2, 0) is 6.42 Å². The first kappa shape index (κ1) is 23.7. The Morgan fingerprint density at radius 3 is 1.83 bits per heavy atom. The van der Waals surface area contributed by atoms with E-state index in [1.165, 1.54) is 25.1 Å². The fourth-order valence-corrected chi connectivity index (χ4v) is 2.49. The molecule has 3 rings (SSSR count). The van der Waals surface area contributed by atoms with Crippen LogP contribution in [0.3, 0.4) is 0 Å². The molecule has 0 radical (unpaired) electrons. The smallest absolute Gasteiger partial charge is 0.335 e. The van der Waals surface area contributed by atoms with Crippen LogP contribution in [0.25, 0.3) is 0 Å². The van der Waals surface area contributed by atoms with E-state index < -0.39 is 11.9 Å². The fourth-order valence-electron chi connectivity index (χ4n) is 2.49. The van der Waals surface area contributed by atoms with Crippen molar-refractivity contribution in [1.29, 1.82) is 0 Å². The number of halogens is 1. The van der Waals surface area contributed by atoms with Crippen molar-refractivity contribution in [3.63, 3.8) is 0 Å². The van der Waals surface area contributed by atoms with Gasteiger partial charge in [0.1, 0.15) is 0 Å². The predicted molar refractivity (Wildman–Crippen MR) is 114 cm³/mol. The average molecular weight is 458 g/mol. The molecule has 1 aromatic heterocycles. The number of aromatic carboxylic acids is 2. The maximum Gasteiger partial charge on any atom is 0.335 e. The van der Waals surface area contributed by atoms with Gasteiger partial charge in [-0.2, -0.15) is 0 Å². The van der Waals surface area contributed by atoms with Crippen LogP contribution in [0.5, 0.6) is 0 Å². The van der Waals surface area contributed by atoms with E-state index >= 15 is 0 Å². The zero-order valence-electron chi connectivity index (χ0n) is 15.6. The maximum absolute atomic E-state index is 11.8. The lowest BCUT2D eigenvalue weighted by atomic mass is 10.0. The Balaban J connectivity index is 0.000000284. The fraction of sp³-hybridized carbons (Fsp3) is 0.0909. The first-order chi connectivity index (χ1) is 13.4. The van der Waals surface area contributed by atoms with Crippen molar-refractivity contribution in [2.45, 2.75) is 13.3 Å². The van der Waals surface area contributed by atoms with Gasteiger partial charge in [-0.25, -0.2) is 9.59 Å². The van der Waals surface area contributed by atoms with Gasteiger partial charge in [0.05, 0.1) is 17.5 Å². The third kappa shape index (κ3) is 6.97. The van der Waals surface area contributed by atoms with Crippen molar-refractivity contribution in [2.75, 3.05) is 0 Å². The highest BCUT2D eigenvalue weighted by Crippen LogP contribution is 2.13. The minimum Gasteiger partial charge on any atom is -0.478 e. The monoisotopic (exact) mass is 457 g/mol. The Hall–Kier alpha value is -3.32. The Kier molecular flexibility index (Phi) is 9.41. The van der Waals surface area contributed by atoms with Crippen molar-refractivity contribution in [3.8, 4) is 0 Å². The number of carbonyl (C=O) groups is 3. The predicted octanol–water partition coefficient (Wildman–Crippen LogP) is 4.48. The normalized spacial score (nSPS) is 9.41. The van der Waals surface area contributed by atoms with E-state index in [2.05, 4.69) is 4.98 Å². The molecule has 150 valence electrons. The van der Waals surface area contributed by atoms with Crippen molar-refractivity contribution >= 4 is 34.7 Å². The molecule has 0 saturated heterocycles. The first-order valence-corrected chi connectivity index (χ1v) is 8.44. The minimum absolute atomic E-state index is 0. The number of rotatable bonds is 5. The molecule has 0 saturated carbocycles. The van der Waals surface area contributed by atoms with Gasteiger partial charge in [-0.3, -0.25) is 9.78 Å². The number of hydrogen-bond donors (Lipinski definition) is 2. The van der Waals surface area contributed by atoms with Gasteiger partial charge in [0.15, 0.2) is 5.78 Å². The van der Waals surface area contributed by atoms with Crippen molar-refractivity contribution in [3.05, 3.63) is 101 Å². The van der Waals surface area contributed by atoms with E-state index in [0.717, 1.165) is 11.3 Å². The van der Waals surface area contributed by atoms with Crippen LogP contribution in [0.2, 0.25) is 0 Å². The molecular weight excluding hydrogens is 438 g/mol. The quantitative estimate of drug-likeness (QED) is 0.547. The van der Waals surface area contributed by atoms with Crippen molar-refractivity contribution < 1.29 is 24.6 Å². The van der Waals surface area contributed by atoms with Gasteiger partial charge in [-0.05, 0) is 36.8 Å². The number of carboxylic acids is 2. The van der Waals surface area contributed by atoms with Crippen LogP contribution >= 0.6 is 17.0 Å². The number of nitrogens with zero attached hydrogens (tertiary/aromatic N) is 1. The summed E-state index contributed by atoms with van der Waals surface area (Å²) in [7, 11) is 0. The molecule has 0 atom stereocenters. The number of ketones is 1. The molecule has 6 nitrogen and oxygen atoms in total. The van der Waals surface area contributed by atoms with Crippen LogP contribution < -0.4 is 0 Å². The summed E-state index contributed by atoms with van der Waals surface area (Å²) in [6, 6.07) is 19.1. The molecule has 29 heavy (non-hydrogen) atoms. The number of carbonyl (C=O) groups excluding carboxylic acids is 1. The molecule has 0 amide bonds. The third-order valence-electron chi connectivity index (χ3n) is 3.96. The van der Waals surface area contributed by atoms with Crippen molar-refractivity contribution in [2.24, 2.45) is 0 Å². The minimum atomic E-state index is -1.11. The molecule has 0 spiro atoms. The molecule has 0 aliphatic carbocycles. The SMILES string of the molecule is Br.Cc1c(C(=O)O)cccc1C(=O)O.O=C(Cc1ccccn1)c1ccccc1. The van der Waals surface area contributed by atoms with Crippen LogP contribution in [0.15, 0.2) is 72.9 Å². The summed E-state index contributed by atoms with van der Waals surface area (Å²) in [4.78, 5) is 37.1. The van der Waals surface area contributed by atoms with E-state index in [1.54, 1.807) is 6.20 Å². The highest BCUT2D eigenvalue weighted by Gasteiger charge is 2.13. The summed E-state index contributed by atoms with van der Waals surface area (Å²) >= 11 is 0. The summed E-state index contributed by atoms with van der Waals surface area (Å²) in [5, 5.41) is 17.4. The summed E-state index contributed by atoms with van der Waals surface area (Å²) < 4.78 is 0. The maximum atomic E-state index is 11.8. The topological polar surface area (TPSA) is 105 Å². The van der Waals surface area contributed by atoms with E-state index in [4.69, 9.17) is 10.2 Å². The highest BCUT2D eigenvalue weighted by molar-refractivity contribution is 8.93. The molecule has 0 unspecified atom stereocenters. The average Bonchev–Trinajstić information content (AvgIpc) is 2.69. The lowest BCUT2D eigenvalue weighted by molar-refractivity contribution is 0.0695. The molecule has 2 N–H and O–H groups in total. The molecule has 3 aromatic rings. The van der Waals surface area contributed by atoms with Crippen LogP contribution in [0.1, 0.15) is 42.3 Å². The second-order valence-electron chi connectivity index (χ2n) is 5.88. The zero-order valence-corrected chi connectivity index (χ0v) is 17.3. The van der Waals surface area contributed by atoms with Gasteiger partial charge in [0.2, 0.25) is 0 Å². The first-order valence-electron chi connectivity index (χ1n) is 8.44. The van der Waals surface area contributed by atoms with Gasteiger partial charge in [-0.15, -0.1) is 17.0 Å². The highest BCUT2D eigenvalue weighted by atomic mass is 79.9. The summed E-state index contributed by atoms with van der Waals surface area (Å²) in [5.74, 6) is -2.12. The van der Waals surface area contributed by atoms with E-state index in [-0.39, 0.29) is 39.5 Å². The number of hydrogen-bond acceptors (Lipinski definition) is 4. The van der Waals surface area contributed by atoms with Crippen LogP contribution in [0, 0.1) is 6.92 Å². The summed E-state index contributed by atoms with van der Waals surface area (Å²) in [6.07, 6.45) is 2.07. The largest absolute Gasteiger partial charge is 0.478 e. The Morgan fingerprint density at radius 1 is 0.793 bits per heavy atom. The molecule has 0 aliphatic heterocycles. The van der Waals surface area contributed by atoms with Gasteiger partial charge < -0.3 is 10.2 Å². The molecule has 0 bridgehead atoms. The zero-order chi connectivity index (χ0) is 20.5. The standard InChI is InChI=1S/C13H11NO.C9H8O4.BrH/c15-13(11-6-2-1-3-7-11)10-12-8-4-5-9-14-12;1-5-6(8(10)11)3-2-4-7(5)9(12)13;/h1-9H,10H2;2-4H,1H3,(H,10,11)(H,12,13);1H. The van der Waals surface area contributed by atoms with Gasteiger partial charge in [0, 0.05) is 17.5 Å². The number of Topliss-reactive ketones (excluding diaryl/α,β-unsaturated/α-hetero) is 1. The van der Waals surface area contributed by atoms with Crippen LogP contribution in [-0.4, -0.2) is 32.9 Å². The Labute approximate surface area is 178 Å². The molecule has 0 fully saturated rings. The second kappa shape index (κ2) is 11.5. The molecule has 0 aliphatic rings. The van der Waals surface area contributed by atoms with Gasteiger partial charge in [0.25, 0.3) is 0 Å². The third-order valence-corrected chi connectivity index (χ3v) is 3.96. The van der Waals surface area contributed by atoms with E-state index in [1.807, 2.05) is 48.5 Å². The van der Waals surface area contributed by atoms with Gasteiger partial charge >= 0.3 is 11.9 Å². The second-order valence-corrected chi connectivity index (χ2v) is 5.88. The number of pyridine rings is 1. The molecule has 7 heteroatoms. The van der Waals surface area contributed by atoms with Gasteiger partial charge in [-0.1, -0.05) is 42.5 Å². The Bertz CT molecular complexity index is 943. The summed E-state index contributed by atoms with van der Waals surface area (Å²) in [6.45, 7) is 1.48. The number of aromatic nitrogens is 1. The summed E-state index contributed by atoms with van der Waals surface area (Å²) in [5.41, 5.74) is 1.89. The van der Waals surface area contributed by atoms with Crippen LogP contribution in [0.4, 0.5) is 0 Å². The lowest BCUT2D eigenvalue weighted by Gasteiger charge is -2.03. The lowest BCUT2D eigenvalue weighted by Crippen LogP contribution is -2.06. The molecule has 1 heterocycles. The molecule has 2 aromatic carbocycles. The van der Waals surface area contributed by atoms with Crippen molar-refractivity contribution in [1.82, 2.24) is 4.98 Å². The Morgan fingerprint density at radius 2 is 1.34 bits per heavy atom.